The molecule has 3 aromatic rings. The number of carboxylic acid groups (broad SMARTS) is 1. The number of likely N-dealkylation sites (N-methyl/N-ethyl adjacent to an activating group) is 1. The number of carboxylic acids is 1. The zero-order valence-electron chi connectivity index (χ0n) is 32.6. The van der Waals surface area contributed by atoms with Crippen LogP contribution in [0.25, 0.3) is 11.1 Å². The second kappa shape index (κ2) is 16.0. The Kier molecular flexibility index (Phi) is 11.4. The van der Waals surface area contributed by atoms with E-state index < -0.39 is 149 Å². The first-order valence-electron chi connectivity index (χ1n) is 18.8. The Hall–Kier alpha value is -5.26. The molecule has 2 fully saturated rings. The molecule has 7 rings (SSSR count). The molecule has 322 valence electrons. The molecule has 0 spiro atoms. The van der Waals surface area contributed by atoms with Gasteiger partial charge in [-0.3, -0.25) is 19.2 Å². The Morgan fingerprint density at radius 3 is 2.13 bits per heavy atom. The van der Waals surface area contributed by atoms with Gasteiger partial charge in [-0.2, -0.15) is 0 Å². The van der Waals surface area contributed by atoms with E-state index in [2.05, 4.69) is 10.6 Å². The number of nitrogens with one attached hydrogen (secondary N) is 2. The minimum atomic E-state index is -1.89. The van der Waals surface area contributed by atoms with Gasteiger partial charge in [0.2, 0.25) is 0 Å². The van der Waals surface area contributed by atoms with E-state index in [9.17, 15) is 65.1 Å². The number of hydrogen-bond acceptors (Lipinski definition) is 18. The minimum Gasteiger partial charge on any atom is -0.507 e. The monoisotopic (exact) mass is 840 g/mol. The number of methoxy groups -OCH3 is 1. The van der Waals surface area contributed by atoms with E-state index in [-0.39, 0.29) is 33.6 Å². The van der Waals surface area contributed by atoms with Crippen molar-refractivity contribution in [1.82, 2.24) is 10.6 Å². The van der Waals surface area contributed by atoms with Gasteiger partial charge in [-0.25, -0.2) is 0 Å². The lowest BCUT2D eigenvalue weighted by molar-refractivity contribution is -0.339. The van der Waals surface area contributed by atoms with Gasteiger partial charge < -0.3 is 80.3 Å². The Labute approximate surface area is 340 Å². The number of carbonyl (C=O) groups excluding carboxylic acids is 3. The van der Waals surface area contributed by atoms with E-state index in [1.165, 1.54) is 40.1 Å². The first-order chi connectivity index (χ1) is 28.3. The molecule has 60 heavy (non-hydrogen) atoms. The van der Waals surface area contributed by atoms with Crippen LogP contribution in [0.4, 0.5) is 0 Å². The van der Waals surface area contributed by atoms with Crippen LogP contribution in [-0.2, 0) is 23.7 Å². The Morgan fingerprint density at radius 2 is 1.48 bits per heavy atom. The molecule has 12 atom stereocenters. The maximum Gasteiger partial charge on any atom is 0.325 e. The number of ketones is 2. The van der Waals surface area contributed by atoms with Gasteiger partial charge in [-0.05, 0) is 56.6 Å². The van der Waals surface area contributed by atoms with Crippen LogP contribution >= 0.6 is 0 Å². The molecule has 2 aliphatic carbocycles. The molecule has 0 aromatic heterocycles. The molecule has 0 unspecified atom stereocenters. The summed E-state index contributed by atoms with van der Waals surface area (Å²) in [7, 11) is 2.80. The fourth-order valence-electron chi connectivity index (χ4n) is 8.30. The largest absolute Gasteiger partial charge is 0.507 e. The van der Waals surface area contributed by atoms with Gasteiger partial charge in [0.1, 0.15) is 71.8 Å². The SMILES string of the molecule is CN[C@@H]1[C@H](O[C@@H]2OC[C@H](O)[C@H](O)[C@H]2O)[C@@H](O)[C@@H](O[C@H]2c3cc(C)c(C(=O)N[C@H](C)C(=O)O)c(O)c3-c3c(cc4c(c3O)C(=O)c3cc(OC)cc(O)c3C4=O)[C@H]2O)O[C@H]1C. The topological polar surface area (TPSA) is 321 Å². The zero-order valence-corrected chi connectivity index (χ0v) is 32.6. The molecular weight excluding hydrogens is 796 g/mol. The molecule has 2 heterocycles. The number of aliphatic hydroxyl groups excluding tert-OH is 5. The smallest absolute Gasteiger partial charge is 0.325 e. The number of phenolic OH excluding ortho intramolecular Hbond substituents is 3. The second-order valence-electron chi connectivity index (χ2n) is 15.1. The number of rotatable bonds is 9. The Bertz CT molecular complexity index is 2280. The number of ether oxygens (including phenoxy) is 5. The summed E-state index contributed by atoms with van der Waals surface area (Å²) in [4.78, 5) is 53.3. The number of amides is 1. The molecule has 3 aromatic carbocycles. The molecule has 20 nitrogen and oxygen atoms in total. The summed E-state index contributed by atoms with van der Waals surface area (Å²) in [5, 5.41) is 104. The summed E-state index contributed by atoms with van der Waals surface area (Å²) < 4.78 is 28.9. The van der Waals surface area contributed by atoms with Crippen LogP contribution in [0.15, 0.2) is 24.3 Å². The fraction of sp³-hybridized carbons (Fsp3) is 0.450. The van der Waals surface area contributed by atoms with Crippen molar-refractivity contribution in [2.75, 3.05) is 20.8 Å². The number of carbonyl (C=O) groups is 4. The van der Waals surface area contributed by atoms with Gasteiger partial charge in [0, 0.05) is 28.3 Å². The Morgan fingerprint density at radius 1 is 0.833 bits per heavy atom. The maximum atomic E-state index is 14.1. The number of benzene rings is 3. The van der Waals surface area contributed by atoms with Crippen LogP contribution in [0.3, 0.4) is 0 Å². The number of aliphatic carboxylic acids is 1. The first kappa shape index (κ1) is 42.8. The van der Waals surface area contributed by atoms with Gasteiger partial charge in [-0.15, -0.1) is 0 Å². The molecule has 20 heteroatoms. The summed E-state index contributed by atoms with van der Waals surface area (Å²) >= 11 is 0. The summed E-state index contributed by atoms with van der Waals surface area (Å²) in [6.45, 7) is 3.76. The van der Waals surface area contributed by atoms with E-state index in [1.807, 2.05) is 0 Å². The number of aromatic hydroxyl groups is 3. The van der Waals surface area contributed by atoms with Crippen molar-refractivity contribution in [2.24, 2.45) is 0 Å². The third-order valence-electron chi connectivity index (χ3n) is 11.4. The normalized spacial score (nSPS) is 30.1. The molecule has 4 aliphatic rings. The van der Waals surface area contributed by atoms with Crippen LogP contribution in [0.2, 0.25) is 0 Å². The molecule has 0 saturated carbocycles. The van der Waals surface area contributed by atoms with E-state index >= 15 is 0 Å². The predicted octanol–water partition coefficient (Wildman–Crippen LogP) is -0.612. The van der Waals surface area contributed by atoms with Gasteiger partial charge >= 0.3 is 5.97 Å². The summed E-state index contributed by atoms with van der Waals surface area (Å²) in [5.74, 6) is -6.63. The number of aliphatic hydroxyl groups is 5. The first-order valence-corrected chi connectivity index (χ1v) is 18.8. The molecule has 1 amide bonds. The highest BCUT2D eigenvalue weighted by Crippen LogP contribution is 2.57. The lowest BCUT2D eigenvalue weighted by Crippen LogP contribution is -2.65. The molecule has 0 radical (unpaired) electrons. The molecule has 2 saturated heterocycles. The third kappa shape index (κ3) is 6.83. The summed E-state index contributed by atoms with van der Waals surface area (Å²) in [5.41, 5.74) is -3.36. The lowest BCUT2D eigenvalue weighted by atomic mass is 9.74. The Balaban J connectivity index is 1.37. The standard InChI is InChI=1S/C40H44N2O18/c1-11-6-18-24(31(49)21(11)37(53)42-12(2)38(54)55)23-16(9-17-25(32(23)50)28(46)15-7-14(56-5)8-19(43)22(15)27(17)45)29(47)35(18)59-40-34(52)36(26(41-4)13(3)58-40)60-39-33(51)30(48)20(44)10-57-39/h6-9,12-13,20,26,29-30,33-36,39-41,43-44,47-52H,10H2,1-5H3,(H,42,53)(H,54,55)/t12-,13+,20+,26+,29-,30+,33-,34-,35+,36+,39+,40-/m1/s1. The van der Waals surface area contributed by atoms with Crippen molar-refractivity contribution in [3.05, 3.63) is 68.8 Å². The number of aryl methyl sites for hydroxylation is 1. The van der Waals surface area contributed by atoms with Gasteiger partial charge in [0.25, 0.3) is 5.91 Å². The van der Waals surface area contributed by atoms with Gasteiger partial charge in [0.15, 0.2) is 24.1 Å². The average molecular weight is 841 g/mol. The lowest BCUT2D eigenvalue weighted by Gasteiger charge is -2.47. The maximum absolute atomic E-state index is 14.1. The van der Waals surface area contributed by atoms with Crippen molar-refractivity contribution < 1.29 is 88.8 Å². The number of fused-ring (bicyclic) bond motifs is 5. The average Bonchev–Trinajstić information content (AvgIpc) is 3.19. The zero-order chi connectivity index (χ0) is 43.8. The predicted molar refractivity (Wildman–Crippen MR) is 201 cm³/mol. The van der Waals surface area contributed by atoms with Gasteiger partial charge in [-0.1, -0.05) is 6.07 Å². The quantitative estimate of drug-likeness (QED) is 0.100. The van der Waals surface area contributed by atoms with Gasteiger partial charge in [0.05, 0.1) is 42.6 Å². The number of phenols is 3. The van der Waals surface area contributed by atoms with Crippen molar-refractivity contribution in [3.63, 3.8) is 0 Å². The molecule has 2 aliphatic heterocycles. The molecular formula is C40H44N2O18. The van der Waals surface area contributed by atoms with Crippen molar-refractivity contribution in [2.45, 2.75) is 94.3 Å². The summed E-state index contributed by atoms with van der Waals surface area (Å²) in [6.07, 6.45) is -15.5. The molecule has 11 N–H and O–H groups in total. The van der Waals surface area contributed by atoms with Crippen LogP contribution in [0.5, 0.6) is 23.0 Å². The minimum absolute atomic E-state index is 0.0161. The van der Waals surface area contributed by atoms with E-state index in [1.54, 1.807) is 6.92 Å². The highest BCUT2D eigenvalue weighted by Gasteiger charge is 2.51. The second-order valence-corrected chi connectivity index (χ2v) is 15.1. The highest BCUT2D eigenvalue weighted by atomic mass is 16.7. The number of hydrogen-bond donors (Lipinski definition) is 11. The van der Waals surface area contributed by atoms with E-state index in [4.69, 9.17) is 23.7 Å². The third-order valence-corrected chi connectivity index (χ3v) is 11.4. The van der Waals surface area contributed by atoms with E-state index in [0.29, 0.717) is 0 Å². The van der Waals surface area contributed by atoms with Crippen LogP contribution in [0, 0.1) is 6.92 Å². The van der Waals surface area contributed by atoms with Crippen LogP contribution in [0.1, 0.15) is 84.9 Å². The van der Waals surface area contributed by atoms with Crippen molar-refractivity contribution >= 4 is 23.4 Å². The van der Waals surface area contributed by atoms with Crippen LogP contribution < -0.4 is 15.4 Å². The molecule has 0 bridgehead atoms. The fourth-order valence-corrected chi connectivity index (χ4v) is 8.30. The van der Waals surface area contributed by atoms with Crippen molar-refractivity contribution in [1.29, 1.82) is 0 Å². The highest BCUT2D eigenvalue weighted by molar-refractivity contribution is 6.31. The summed E-state index contributed by atoms with van der Waals surface area (Å²) in [6, 6.07) is 2.44. The van der Waals surface area contributed by atoms with Crippen LogP contribution in [-0.4, -0.2) is 151 Å². The van der Waals surface area contributed by atoms with E-state index in [0.717, 1.165) is 12.1 Å². The van der Waals surface area contributed by atoms with Crippen molar-refractivity contribution in [3.8, 4) is 34.1 Å².